The second-order valence-electron chi connectivity index (χ2n) is 6.58. The van der Waals surface area contributed by atoms with Gasteiger partial charge >= 0.3 is 0 Å². The van der Waals surface area contributed by atoms with E-state index in [1.807, 2.05) is 64.1 Å². The van der Waals surface area contributed by atoms with Crippen LogP contribution in [0.15, 0.2) is 46.0 Å². The van der Waals surface area contributed by atoms with Crippen molar-refractivity contribution >= 4 is 23.4 Å². The molecule has 3 rings (SSSR count). The first-order valence-electron chi connectivity index (χ1n) is 8.93. The van der Waals surface area contributed by atoms with Gasteiger partial charge in [0.25, 0.3) is 11.1 Å². The van der Waals surface area contributed by atoms with Crippen LogP contribution in [-0.2, 0) is 11.4 Å². The van der Waals surface area contributed by atoms with Gasteiger partial charge in [0.05, 0.1) is 5.75 Å². The van der Waals surface area contributed by atoms with Crippen LogP contribution in [0.5, 0.6) is 5.75 Å². The molecule has 7 heteroatoms. The Morgan fingerprint density at radius 1 is 1.07 bits per heavy atom. The van der Waals surface area contributed by atoms with Gasteiger partial charge in [0.2, 0.25) is 5.91 Å². The Morgan fingerprint density at radius 2 is 1.89 bits per heavy atom. The predicted molar refractivity (Wildman–Crippen MR) is 110 cm³/mol. The quantitative estimate of drug-likeness (QED) is 0.587. The first-order chi connectivity index (χ1) is 13.4. The maximum Gasteiger partial charge on any atom is 0.277 e. The molecule has 0 spiro atoms. The van der Waals surface area contributed by atoms with Crippen molar-refractivity contribution in [2.45, 2.75) is 39.5 Å². The number of benzene rings is 2. The molecular weight excluding hydrogens is 374 g/mol. The van der Waals surface area contributed by atoms with Crippen LogP contribution in [0.4, 0.5) is 5.69 Å². The molecule has 6 nitrogen and oxygen atoms in total. The van der Waals surface area contributed by atoms with Crippen molar-refractivity contribution in [3.8, 4) is 5.75 Å². The monoisotopic (exact) mass is 397 g/mol. The maximum atomic E-state index is 12.1. The molecule has 1 amide bonds. The molecule has 3 aromatic rings. The standard InChI is InChI=1S/C21H23N3O3S/c1-13-8-9-17(10-15(13)3)22-19(25)12-28-21-24-23-20(27-21)11-26-18-7-5-6-14(2)16(18)4/h5-10H,11-12H2,1-4H3,(H,22,25). The highest BCUT2D eigenvalue weighted by molar-refractivity contribution is 7.99. The summed E-state index contributed by atoms with van der Waals surface area (Å²) in [6.07, 6.45) is 0. The average Bonchev–Trinajstić information content (AvgIpc) is 3.12. The minimum atomic E-state index is -0.125. The molecule has 0 aliphatic carbocycles. The smallest absolute Gasteiger partial charge is 0.277 e. The molecule has 0 radical (unpaired) electrons. The van der Waals surface area contributed by atoms with E-state index in [1.165, 1.54) is 17.3 Å². The third kappa shape index (κ3) is 5.13. The Labute approximate surface area is 168 Å². The second kappa shape index (κ2) is 8.93. The van der Waals surface area contributed by atoms with Crippen LogP contribution in [0.2, 0.25) is 0 Å². The molecule has 28 heavy (non-hydrogen) atoms. The summed E-state index contributed by atoms with van der Waals surface area (Å²) in [6.45, 7) is 8.28. The molecule has 0 aliphatic heterocycles. The Morgan fingerprint density at radius 3 is 2.68 bits per heavy atom. The molecule has 1 N–H and O–H groups in total. The van der Waals surface area contributed by atoms with E-state index >= 15 is 0 Å². The Bertz CT molecular complexity index is 985. The number of rotatable bonds is 7. The van der Waals surface area contributed by atoms with Crippen molar-refractivity contribution in [3.05, 3.63) is 64.5 Å². The maximum absolute atomic E-state index is 12.1. The summed E-state index contributed by atoms with van der Waals surface area (Å²) in [5.41, 5.74) is 5.35. The molecule has 0 atom stereocenters. The summed E-state index contributed by atoms with van der Waals surface area (Å²) in [4.78, 5) is 12.1. The topological polar surface area (TPSA) is 77.2 Å². The van der Waals surface area contributed by atoms with Gasteiger partial charge in [-0.05, 0) is 68.1 Å². The van der Waals surface area contributed by atoms with Crippen molar-refractivity contribution in [2.24, 2.45) is 0 Å². The molecule has 0 fully saturated rings. The van der Waals surface area contributed by atoms with Gasteiger partial charge in [-0.3, -0.25) is 4.79 Å². The number of anilines is 1. The minimum absolute atomic E-state index is 0.125. The van der Waals surface area contributed by atoms with Gasteiger partial charge in [-0.1, -0.05) is 30.0 Å². The lowest BCUT2D eigenvalue weighted by atomic mass is 10.1. The van der Waals surface area contributed by atoms with E-state index in [4.69, 9.17) is 9.15 Å². The summed E-state index contributed by atoms with van der Waals surface area (Å²) in [5, 5.41) is 11.1. The van der Waals surface area contributed by atoms with Crippen molar-refractivity contribution in [1.29, 1.82) is 0 Å². The number of aromatic nitrogens is 2. The van der Waals surface area contributed by atoms with Crippen molar-refractivity contribution in [2.75, 3.05) is 11.1 Å². The van der Waals surface area contributed by atoms with Crippen LogP contribution in [0.25, 0.3) is 0 Å². The molecule has 2 aromatic carbocycles. The lowest BCUT2D eigenvalue weighted by Crippen LogP contribution is -2.14. The van der Waals surface area contributed by atoms with E-state index in [2.05, 4.69) is 15.5 Å². The number of nitrogens with one attached hydrogen (secondary N) is 1. The molecule has 0 bridgehead atoms. The zero-order chi connectivity index (χ0) is 20.1. The van der Waals surface area contributed by atoms with Crippen LogP contribution in [0.3, 0.4) is 0 Å². The molecule has 0 saturated carbocycles. The molecule has 1 aromatic heterocycles. The van der Waals surface area contributed by atoms with Crippen LogP contribution >= 0.6 is 11.8 Å². The molecule has 0 unspecified atom stereocenters. The molecule has 1 heterocycles. The van der Waals surface area contributed by atoms with E-state index < -0.39 is 0 Å². The van der Waals surface area contributed by atoms with Crippen LogP contribution < -0.4 is 10.1 Å². The van der Waals surface area contributed by atoms with Crippen LogP contribution in [0.1, 0.15) is 28.1 Å². The number of carbonyl (C=O) groups is 1. The Hall–Kier alpha value is -2.80. The largest absolute Gasteiger partial charge is 0.484 e. The SMILES string of the molecule is Cc1ccc(NC(=O)CSc2nnc(COc3cccc(C)c3C)o2)cc1C. The molecular formula is C21H23N3O3S. The summed E-state index contributed by atoms with van der Waals surface area (Å²) in [6, 6.07) is 11.7. The molecule has 146 valence electrons. The summed E-state index contributed by atoms with van der Waals surface area (Å²) in [5.74, 6) is 1.23. The van der Waals surface area contributed by atoms with Crippen molar-refractivity contribution in [3.63, 3.8) is 0 Å². The van der Waals surface area contributed by atoms with Gasteiger partial charge in [-0.2, -0.15) is 0 Å². The van der Waals surface area contributed by atoms with E-state index in [-0.39, 0.29) is 18.3 Å². The van der Waals surface area contributed by atoms with E-state index in [9.17, 15) is 4.79 Å². The van der Waals surface area contributed by atoms with Gasteiger partial charge < -0.3 is 14.5 Å². The third-order valence-electron chi connectivity index (χ3n) is 4.47. The van der Waals surface area contributed by atoms with Crippen molar-refractivity contribution < 1.29 is 13.9 Å². The van der Waals surface area contributed by atoms with Gasteiger partial charge in [-0.25, -0.2) is 0 Å². The number of ether oxygens (including phenoxy) is 1. The Kier molecular flexibility index (Phi) is 6.36. The van der Waals surface area contributed by atoms with E-state index in [0.717, 1.165) is 28.1 Å². The van der Waals surface area contributed by atoms with Crippen molar-refractivity contribution in [1.82, 2.24) is 10.2 Å². The zero-order valence-electron chi connectivity index (χ0n) is 16.4. The fraction of sp³-hybridized carbons (Fsp3) is 0.286. The van der Waals surface area contributed by atoms with E-state index in [1.54, 1.807) is 0 Å². The highest BCUT2D eigenvalue weighted by Crippen LogP contribution is 2.23. The first-order valence-corrected chi connectivity index (χ1v) is 9.92. The predicted octanol–water partition coefficient (Wildman–Crippen LogP) is 4.61. The number of carbonyl (C=O) groups excluding carboxylic acids is 1. The fourth-order valence-corrected chi connectivity index (χ4v) is 3.10. The van der Waals surface area contributed by atoms with Gasteiger partial charge in [0.15, 0.2) is 6.61 Å². The summed E-state index contributed by atoms with van der Waals surface area (Å²) < 4.78 is 11.3. The minimum Gasteiger partial charge on any atom is -0.484 e. The number of hydrogen-bond acceptors (Lipinski definition) is 6. The van der Waals surface area contributed by atoms with Gasteiger partial charge in [-0.15, -0.1) is 10.2 Å². The Balaban J connectivity index is 1.49. The first kappa shape index (κ1) is 19.9. The molecule has 0 aliphatic rings. The normalized spacial score (nSPS) is 10.7. The second-order valence-corrected chi connectivity index (χ2v) is 7.51. The molecule has 0 saturated heterocycles. The third-order valence-corrected chi connectivity index (χ3v) is 5.29. The van der Waals surface area contributed by atoms with Gasteiger partial charge in [0.1, 0.15) is 5.75 Å². The number of hydrogen-bond donors (Lipinski definition) is 1. The van der Waals surface area contributed by atoms with Crippen LogP contribution in [0, 0.1) is 27.7 Å². The average molecular weight is 398 g/mol. The van der Waals surface area contributed by atoms with Gasteiger partial charge in [0, 0.05) is 5.69 Å². The lowest BCUT2D eigenvalue weighted by Gasteiger charge is -2.08. The zero-order valence-corrected chi connectivity index (χ0v) is 17.2. The number of amides is 1. The van der Waals surface area contributed by atoms with E-state index in [0.29, 0.717) is 11.1 Å². The number of thioether (sulfide) groups is 1. The van der Waals surface area contributed by atoms with Crippen LogP contribution in [-0.4, -0.2) is 21.9 Å². The highest BCUT2D eigenvalue weighted by Gasteiger charge is 2.11. The number of nitrogens with zero attached hydrogens (tertiary/aromatic N) is 2. The lowest BCUT2D eigenvalue weighted by molar-refractivity contribution is -0.113. The fourth-order valence-electron chi connectivity index (χ4n) is 2.52. The highest BCUT2D eigenvalue weighted by atomic mass is 32.2. The summed E-state index contributed by atoms with van der Waals surface area (Å²) in [7, 11) is 0. The summed E-state index contributed by atoms with van der Waals surface area (Å²) >= 11 is 1.20. The number of aryl methyl sites for hydroxylation is 3.